The van der Waals surface area contributed by atoms with Crippen molar-refractivity contribution in [2.75, 3.05) is 0 Å². The lowest BCUT2D eigenvalue weighted by Gasteiger charge is -2.08. The van der Waals surface area contributed by atoms with Gasteiger partial charge in [-0.05, 0) is 19.1 Å². The molecule has 4 heteroatoms. The largest absolute Gasteiger partial charge is 0.461 e. The van der Waals surface area contributed by atoms with Gasteiger partial charge in [0.1, 0.15) is 12.1 Å². The lowest BCUT2D eigenvalue weighted by Crippen LogP contribution is -2.37. The number of carbonyl (C=O) groups excluding carboxylic acids is 2. The predicted molar refractivity (Wildman–Crippen MR) is 57.9 cm³/mol. The molecule has 1 N–H and O–H groups in total. The van der Waals surface area contributed by atoms with Gasteiger partial charge in [-0.3, -0.25) is 4.79 Å². The highest BCUT2D eigenvalue weighted by Gasteiger charge is 2.32. The Kier molecular flexibility index (Phi) is 2.90. The molecule has 84 valence electrons. The van der Waals surface area contributed by atoms with Crippen LogP contribution in [0.2, 0.25) is 0 Å². The number of amides is 1. The first-order chi connectivity index (χ1) is 7.66. The summed E-state index contributed by atoms with van der Waals surface area (Å²) in [6, 6.07) is 8.30. The average Bonchev–Trinajstić information content (AvgIpc) is 2.59. The van der Waals surface area contributed by atoms with Crippen molar-refractivity contribution < 1.29 is 14.3 Å². The third-order valence-corrected chi connectivity index (χ3v) is 2.51. The first-order valence-corrected chi connectivity index (χ1v) is 5.23. The summed E-state index contributed by atoms with van der Waals surface area (Å²) in [5, 5.41) is 2.66. The highest BCUT2D eigenvalue weighted by Crippen LogP contribution is 2.14. The Hall–Kier alpha value is -1.84. The Morgan fingerprint density at radius 2 is 2.06 bits per heavy atom. The molecule has 2 rings (SSSR count). The molecule has 1 amide bonds. The Bertz CT molecular complexity index is 402. The van der Waals surface area contributed by atoms with Gasteiger partial charge in [-0.2, -0.15) is 0 Å². The quantitative estimate of drug-likeness (QED) is 0.758. The summed E-state index contributed by atoms with van der Waals surface area (Å²) in [5.74, 6) is -0.589. The maximum atomic E-state index is 11.7. The van der Waals surface area contributed by atoms with Gasteiger partial charge in [0.15, 0.2) is 0 Å². The number of cyclic esters (lactones) is 1. The van der Waals surface area contributed by atoms with Gasteiger partial charge in [0.05, 0.1) is 0 Å². The zero-order valence-electron chi connectivity index (χ0n) is 8.97. The van der Waals surface area contributed by atoms with E-state index < -0.39 is 6.04 Å². The summed E-state index contributed by atoms with van der Waals surface area (Å²) in [4.78, 5) is 23.0. The number of ether oxygens (including phenoxy) is 1. The van der Waals surface area contributed by atoms with Crippen LogP contribution in [0.3, 0.4) is 0 Å². The highest BCUT2D eigenvalue weighted by atomic mass is 16.6. The molecule has 2 atom stereocenters. The normalized spacial score (nSPS) is 23.9. The topological polar surface area (TPSA) is 55.4 Å². The third-order valence-electron chi connectivity index (χ3n) is 2.51. The molecule has 0 saturated carbocycles. The van der Waals surface area contributed by atoms with Crippen molar-refractivity contribution in [2.24, 2.45) is 0 Å². The molecule has 1 aromatic carbocycles. The van der Waals surface area contributed by atoms with E-state index >= 15 is 0 Å². The molecule has 1 heterocycles. The van der Waals surface area contributed by atoms with Crippen LogP contribution in [-0.4, -0.2) is 24.0 Å². The lowest BCUT2D eigenvalue weighted by molar-refractivity contribution is -0.142. The second kappa shape index (κ2) is 4.35. The molecule has 4 nitrogen and oxygen atoms in total. The number of nitrogens with one attached hydrogen (secondary N) is 1. The zero-order chi connectivity index (χ0) is 11.5. The van der Waals surface area contributed by atoms with E-state index in [1.807, 2.05) is 13.0 Å². The molecule has 0 spiro atoms. The van der Waals surface area contributed by atoms with Crippen molar-refractivity contribution in [3.8, 4) is 0 Å². The fraction of sp³-hybridized carbons (Fsp3) is 0.333. The molecular weight excluding hydrogens is 206 g/mol. The Morgan fingerprint density at radius 3 is 2.62 bits per heavy atom. The van der Waals surface area contributed by atoms with Gasteiger partial charge < -0.3 is 10.1 Å². The van der Waals surface area contributed by atoms with E-state index in [-0.39, 0.29) is 18.0 Å². The fourth-order valence-electron chi connectivity index (χ4n) is 1.71. The van der Waals surface area contributed by atoms with Gasteiger partial charge in [0.25, 0.3) is 5.91 Å². The molecule has 0 bridgehead atoms. The summed E-state index contributed by atoms with van der Waals surface area (Å²) >= 11 is 0. The van der Waals surface area contributed by atoms with E-state index in [9.17, 15) is 9.59 Å². The second-order valence-electron chi connectivity index (χ2n) is 3.88. The molecule has 0 radical (unpaired) electrons. The molecule has 1 saturated heterocycles. The smallest absolute Gasteiger partial charge is 0.329 e. The number of hydrogen-bond acceptors (Lipinski definition) is 3. The molecule has 1 aliphatic rings. The minimum Gasteiger partial charge on any atom is -0.461 e. The number of carbonyl (C=O) groups is 2. The SMILES string of the molecule is C[C@@H]1C[C@H](NC(=O)c2ccccc2)C(=O)O1. The van der Waals surface area contributed by atoms with Crippen LogP contribution in [0.4, 0.5) is 0 Å². The van der Waals surface area contributed by atoms with Crippen LogP contribution in [-0.2, 0) is 9.53 Å². The maximum Gasteiger partial charge on any atom is 0.329 e. The van der Waals surface area contributed by atoms with E-state index in [0.717, 1.165) is 0 Å². The summed E-state index contributed by atoms with van der Waals surface area (Å²) in [5.41, 5.74) is 0.551. The minimum atomic E-state index is -0.511. The predicted octanol–water partition coefficient (Wildman–Crippen LogP) is 1.12. The molecule has 0 aliphatic carbocycles. The van der Waals surface area contributed by atoms with Crippen molar-refractivity contribution in [3.05, 3.63) is 35.9 Å². The van der Waals surface area contributed by atoms with Crippen molar-refractivity contribution in [3.63, 3.8) is 0 Å². The first-order valence-electron chi connectivity index (χ1n) is 5.23. The van der Waals surface area contributed by atoms with E-state index in [1.54, 1.807) is 24.3 Å². The lowest BCUT2D eigenvalue weighted by atomic mass is 10.1. The van der Waals surface area contributed by atoms with Gasteiger partial charge >= 0.3 is 5.97 Å². The molecule has 1 fully saturated rings. The molecule has 16 heavy (non-hydrogen) atoms. The third kappa shape index (κ3) is 2.21. The Labute approximate surface area is 93.6 Å². The monoisotopic (exact) mass is 219 g/mol. The van der Waals surface area contributed by atoms with E-state index in [4.69, 9.17) is 4.74 Å². The van der Waals surface area contributed by atoms with Crippen LogP contribution in [0.25, 0.3) is 0 Å². The summed E-state index contributed by atoms with van der Waals surface area (Å²) in [7, 11) is 0. The van der Waals surface area contributed by atoms with Crippen molar-refractivity contribution >= 4 is 11.9 Å². The van der Waals surface area contributed by atoms with Crippen LogP contribution in [0.1, 0.15) is 23.7 Å². The van der Waals surface area contributed by atoms with Crippen molar-refractivity contribution in [1.82, 2.24) is 5.32 Å². The van der Waals surface area contributed by atoms with E-state index in [1.165, 1.54) is 0 Å². The summed E-state index contributed by atoms with van der Waals surface area (Å²) < 4.78 is 4.96. The van der Waals surface area contributed by atoms with Gasteiger partial charge in [-0.1, -0.05) is 18.2 Å². The number of benzene rings is 1. The first kappa shape index (κ1) is 10.7. The van der Waals surface area contributed by atoms with Crippen LogP contribution in [0.5, 0.6) is 0 Å². The maximum absolute atomic E-state index is 11.7. The highest BCUT2D eigenvalue weighted by molar-refractivity contribution is 5.97. The number of hydrogen-bond donors (Lipinski definition) is 1. The molecule has 0 unspecified atom stereocenters. The van der Waals surface area contributed by atoms with Crippen LogP contribution in [0.15, 0.2) is 30.3 Å². The van der Waals surface area contributed by atoms with Crippen molar-refractivity contribution in [1.29, 1.82) is 0 Å². The fourth-order valence-corrected chi connectivity index (χ4v) is 1.71. The average molecular weight is 219 g/mol. The van der Waals surface area contributed by atoms with Crippen LogP contribution < -0.4 is 5.32 Å². The van der Waals surface area contributed by atoms with Gasteiger partial charge in [-0.15, -0.1) is 0 Å². The van der Waals surface area contributed by atoms with Gasteiger partial charge in [-0.25, -0.2) is 4.79 Å². The van der Waals surface area contributed by atoms with E-state index in [0.29, 0.717) is 12.0 Å². The molecule has 1 aliphatic heterocycles. The Morgan fingerprint density at radius 1 is 1.38 bits per heavy atom. The molecule has 1 aromatic rings. The van der Waals surface area contributed by atoms with Crippen LogP contribution >= 0.6 is 0 Å². The standard InChI is InChI=1S/C12H13NO3/c1-8-7-10(12(15)16-8)13-11(14)9-5-3-2-4-6-9/h2-6,8,10H,7H2,1H3,(H,13,14)/t8-,10+/m1/s1. The van der Waals surface area contributed by atoms with E-state index in [2.05, 4.69) is 5.32 Å². The summed E-state index contributed by atoms with van der Waals surface area (Å²) in [6.45, 7) is 1.81. The second-order valence-corrected chi connectivity index (χ2v) is 3.88. The number of esters is 1. The van der Waals surface area contributed by atoms with Gasteiger partial charge in [0, 0.05) is 12.0 Å². The molecular formula is C12H13NO3. The van der Waals surface area contributed by atoms with Crippen LogP contribution in [0, 0.1) is 0 Å². The van der Waals surface area contributed by atoms with Gasteiger partial charge in [0.2, 0.25) is 0 Å². The minimum absolute atomic E-state index is 0.117. The molecule has 0 aromatic heterocycles. The number of rotatable bonds is 2. The summed E-state index contributed by atoms with van der Waals surface area (Å²) in [6.07, 6.45) is 0.422. The zero-order valence-corrected chi connectivity index (χ0v) is 8.97. The van der Waals surface area contributed by atoms with Crippen molar-refractivity contribution in [2.45, 2.75) is 25.5 Å². The Balaban J connectivity index is 2.01.